The molecule has 1 saturated heterocycles. The largest absolute Gasteiger partial charge is 0.367 e. The van der Waals surface area contributed by atoms with Gasteiger partial charge in [0.1, 0.15) is 0 Å². The Balaban J connectivity index is 2.26. The standard InChI is InChI=1S/C14H20BrClN2/c1-3-12-10-18(8-7-17(12)2)14-11(9-15)5-4-6-13(14)16/h4-6,12H,3,7-10H2,1-2H3. The molecule has 0 spiro atoms. The van der Waals surface area contributed by atoms with Gasteiger partial charge in [-0.25, -0.2) is 0 Å². The molecule has 1 aromatic rings. The molecule has 1 fully saturated rings. The minimum Gasteiger partial charge on any atom is -0.367 e. The van der Waals surface area contributed by atoms with Crippen LogP contribution < -0.4 is 4.90 Å². The first-order chi connectivity index (χ1) is 8.67. The number of rotatable bonds is 3. The highest BCUT2D eigenvalue weighted by Gasteiger charge is 2.25. The fraction of sp³-hybridized carbons (Fsp3) is 0.571. The smallest absolute Gasteiger partial charge is 0.0642 e. The Morgan fingerprint density at radius 3 is 2.83 bits per heavy atom. The maximum atomic E-state index is 6.39. The van der Waals surface area contributed by atoms with Crippen molar-refractivity contribution in [1.82, 2.24) is 4.90 Å². The topological polar surface area (TPSA) is 6.48 Å². The van der Waals surface area contributed by atoms with Crippen molar-refractivity contribution in [3.05, 3.63) is 28.8 Å². The van der Waals surface area contributed by atoms with Gasteiger partial charge in [-0.05, 0) is 25.1 Å². The van der Waals surface area contributed by atoms with Crippen molar-refractivity contribution in [2.24, 2.45) is 0 Å². The average Bonchev–Trinajstić information content (AvgIpc) is 2.39. The van der Waals surface area contributed by atoms with E-state index in [1.807, 2.05) is 12.1 Å². The third-order valence-electron chi connectivity index (χ3n) is 3.78. The second kappa shape index (κ2) is 6.27. The summed E-state index contributed by atoms with van der Waals surface area (Å²) in [6.45, 7) is 5.47. The number of likely N-dealkylation sites (N-methyl/N-ethyl adjacent to an activating group) is 1. The fourth-order valence-corrected chi connectivity index (χ4v) is 3.38. The molecule has 1 atom stereocenters. The van der Waals surface area contributed by atoms with E-state index < -0.39 is 0 Å². The monoisotopic (exact) mass is 330 g/mol. The number of anilines is 1. The van der Waals surface area contributed by atoms with Gasteiger partial charge in [0.05, 0.1) is 10.7 Å². The SMILES string of the molecule is CCC1CN(c2c(Cl)cccc2CBr)CCN1C. The third-order valence-corrected chi connectivity index (χ3v) is 4.69. The highest BCUT2D eigenvalue weighted by atomic mass is 79.9. The van der Waals surface area contributed by atoms with Crippen LogP contribution in [0, 0.1) is 0 Å². The third kappa shape index (κ3) is 2.84. The number of hydrogen-bond acceptors (Lipinski definition) is 2. The highest BCUT2D eigenvalue weighted by Crippen LogP contribution is 2.32. The minimum absolute atomic E-state index is 0.623. The molecule has 1 aliphatic heterocycles. The van der Waals surface area contributed by atoms with E-state index in [4.69, 9.17) is 11.6 Å². The van der Waals surface area contributed by atoms with E-state index in [0.717, 1.165) is 30.0 Å². The molecule has 1 aliphatic rings. The van der Waals surface area contributed by atoms with Gasteiger partial charge in [-0.15, -0.1) is 0 Å². The van der Waals surface area contributed by atoms with E-state index in [9.17, 15) is 0 Å². The summed E-state index contributed by atoms with van der Waals surface area (Å²) in [4.78, 5) is 4.88. The Kier molecular flexibility index (Phi) is 4.93. The van der Waals surface area contributed by atoms with Crippen molar-refractivity contribution < 1.29 is 0 Å². The van der Waals surface area contributed by atoms with Gasteiger partial charge in [-0.2, -0.15) is 0 Å². The van der Waals surface area contributed by atoms with Crippen LogP contribution in [0.5, 0.6) is 0 Å². The number of benzene rings is 1. The summed E-state index contributed by atoms with van der Waals surface area (Å²) in [6.07, 6.45) is 1.18. The van der Waals surface area contributed by atoms with E-state index in [-0.39, 0.29) is 0 Å². The fourth-order valence-electron chi connectivity index (χ4n) is 2.61. The zero-order valence-corrected chi connectivity index (χ0v) is 13.3. The van der Waals surface area contributed by atoms with E-state index in [1.165, 1.54) is 17.7 Å². The molecule has 0 amide bonds. The van der Waals surface area contributed by atoms with Crippen LogP contribution in [-0.2, 0) is 5.33 Å². The van der Waals surface area contributed by atoms with Gasteiger partial charge in [0.2, 0.25) is 0 Å². The second-order valence-electron chi connectivity index (χ2n) is 4.87. The molecule has 2 nitrogen and oxygen atoms in total. The van der Waals surface area contributed by atoms with Gasteiger partial charge in [-0.1, -0.05) is 46.6 Å². The van der Waals surface area contributed by atoms with Crippen molar-refractivity contribution in [3.8, 4) is 0 Å². The highest BCUT2D eigenvalue weighted by molar-refractivity contribution is 9.08. The van der Waals surface area contributed by atoms with Gasteiger partial charge >= 0.3 is 0 Å². The predicted molar refractivity (Wildman–Crippen MR) is 83.0 cm³/mol. The van der Waals surface area contributed by atoms with Gasteiger partial charge in [0, 0.05) is 31.0 Å². The maximum absolute atomic E-state index is 6.39. The van der Waals surface area contributed by atoms with Crippen molar-refractivity contribution in [1.29, 1.82) is 0 Å². The van der Waals surface area contributed by atoms with Gasteiger partial charge < -0.3 is 4.90 Å². The number of nitrogens with zero attached hydrogens (tertiary/aromatic N) is 2. The van der Waals surface area contributed by atoms with E-state index in [2.05, 4.69) is 45.8 Å². The van der Waals surface area contributed by atoms with Gasteiger partial charge in [0.25, 0.3) is 0 Å². The Morgan fingerprint density at radius 2 is 2.17 bits per heavy atom. The Bertz CT molecular complexity index is 411. The summed E-state index contributed by atoms with van der Waals surface area (Å²) in [5, 5.41) is 1.72. The van der Waals surface area contributed by atoms with Crippen LogP contribution in [0.2, 0.25) is 5.02 Å². The maximum Gasteiger partial charge on any atom is 0.0642 e. The van der Waals surface area contributed by atoms with Crippen LogP contribution >= 0.6 is 27.5 Å². The summed E-state index contributed by atoms with van der Waals surface area (Å²) in [5.41, 5.74) is 2.49. The second-order valence-corrected chi connectivity index (χ2v) is 5.84. The lowest BCUT2D eigenvalue weighted by Gasteiger charge is -2.41. The number of halogens is 2. The van der Waals surface area contributed by atoms with Crippen molar-refractivity contribution in [3.63, 3.8) is 0 Å². The number of alkyl halides is 1. The normalized spacial score (nSPS) is 21.3. The first kappa shape index (κ1) is 14.2. The Morgan fingerprint density at radius 1 is 1.39 bits per heavy atom. The first-order valence-corrected chi connectivity index (χ1v) is 7.95. The number of hydrogen-bond donors (Lipinski definition) is 0. The van der Waals surface area contributed by atoms with Gasteiger partial charge in [0.15, 0.2) is 0 Å². The molecule has 2 rings (SSSR count). The number of para-hydroxylation sites is 1. The Hall–Kier alpha value is -0.250. The molecule has 0 saturated carbocycles. The molecular weight excluding hydrogens is 312 g/mol. The molecule has 1 aromatic carbocycles. The summed E-state index contributed by atoms with van der Waals surface area (Å²) in [5.74, 6) is 0. The molecule has 1 unspecified atom stereocenters. The van der Waals surface area contributed by atoms with Crippen LogP contribution in [0.25, 0.3) is 0 Å². The molecule has 4 heteroatoms. The summed E-state index contributed by atoms with van der Waals surface area (Å²) < 4.78 is 0. The van der Waals surface area contributed by atoms with Crippen LogP contribution in [0.1, 0.15) is 18.9 Å². The summed E-state index contributed by atoms with van der Waals surface area (Å²) in [7, 11) is 2.21. The molecule has 100 valence electrons. The molecule has 0 bridgehead atoms. The lowest BCUT2D eigenvalue weighted by molar-refractivity contribution is 0.213. The van der Waals surface area contributed by atoms with Crippen molar-refractivity contribution >= 4 is 33.2 Å². The molecule has 0 aliphatic carbocycles. The quantitative estimate of drug-likeness (QED) is 0.778. The van der Waals surface area contributed by atoms with Gasteiger partial charge in [-0.3, -0.25) is 4.90 Å². The van der Waals surface area contributed by atoms with E-state index in [0.29, 0.717) is 6.04 Å². The average molecular weight is 332 g/mol. The molecule has 0 N–H and O–H groups in total. The first-order valence-electron chi connectivity index (χ1n) is 6.46. The van der Waals surface area contributed by atoms with Crippen LogP contribution in [0.3, 0.4) is 0 Å². The molecule has 0 aromatic heterocycles. The van der Waals surface area contributed by atoms with Crippen molar-refractivity contribution in [2.45, 2.75) is 24.7 Å². The summed E-state index contributed by atoms with van der Waals surface area (Å²) in [6, 6.07) is 6.78. The molecular formula is C14H20BrClN2. The molecule has 1 heterocycles. The van der Waals surface area contributed by atoms with E-state index in [1.54, 1.807) is 0 Å². The lowest BCUT2D eigenvalue weighted by atomic mass is 10.1. The lowest BCUT2D eigenvalue weighted by Crippen LogP contribution is -2.51. The van der Waals surface area contributed by atoms with E-state index >= 15 is 0 Å². The van der Waals surface area contributed by atoms with Crippen molar-refractivity contribution in [2.75, 3.05) is 31.6 Å². The van der Waals surface area contributed by atoms with Crippen LogP contribution in [-0.4, -0.2) is 37.6 Å². The van der Waals surface area contributed by atoms with Crippen LogP contribution in [0.15, 0.2) is 18.2 Å². The zero-order valence-electron chi connectivity index (χ0n) is 11.0. The molecule has 18 heavy (non-hydrogen) atoms. The molecule has 0 radical (unpaired) electrons. The number of piperazine rings is 1. The Labute approximate surface area is 123 Å². The van der Waals surface area contributed by atoms with Crippen LogP contribution in [0.4, 0.5) is 5.69 Å². The predicted octanol–water partition coefficient (Wildman–Crippen LogP) is 3.77. The minimum atomic E-state index is 0.623. The zero-order chi connectivity index (χ0) is 13.1. The summed E-state index contributed by atoms with van der Waals surface area (Å²) >= 11 is 9.95.